The van der Waals surface area contributed by atoms with Gasteiger partial charge in [-0.1, -0.05) is 18.2 Å². The summed E-state index contributed by atoms with van der Waals surface area (Å²) in [6, 6.07) is 8.31. The lowest BCUT2D eigenvalue weighted by Crippen LogP contribution is -2.25. The van der Waals surface area contributed by atoms with Crippen molar-refractivity contribution in [3.63, 3.8) is 0 Å². The number of hydrogen-bond acceptors (Lipinski definition) is 3. The zero-order valence-corrected chi connectivity index (χ0v) is 10.5. The zero-order valence-electron chi connectivity index (χ0n) is 9.69. The third-order valence-electron chi connectivity index (χ3n) is 3.52. The lowest BCUT2D eigenvalue weighted by molar-refractivity contribution is 0.0159. The summed E-state index contributed by atoms with van der Waals surface area (Å²) in [5.41, 5.74) is 0.372. The van der Waals surface area contributed by atoms with Gasteiger partial charge in [-0.25, -0.2) is 0 Å². The van der Waals surface area contributed by atoms with Crippen LogP contribution in [-0.4, -0.2) is 18.3 Å². The van der Waals surface area contributed by atoms with Gasteiger partial charge in [0.1, 0.15) is 0 Å². The minimum absolute atomic E-state index is 0.651. The van der Waals surface area contributed by atoms with Gasteiger partial charge in [0.25, 0.3) is 0 Å². The predicted octanol–water partition coefficient (Wildman–Crippen LogP) is 3.29. The molecule has 1 aromatic carbocycles. The van der Waals surface area contributed by atoms with Gasteiger partial charge in [-0.2, -0.15) is 0 Å². The second-order valence-electron chi connectivity index (χ2n) is 4.64. The average Bonchev–Trinajstić information content (AvgIpc) is 2.71. The number of ether oxygens (including phenoxy) is 1. The van der Waals surface area contributed by atoms with Gasteiger partial charge in [0.2, 0.25) is 0 Å². The van der Waals surface area contributed by atoms with E-state index in [4.69, 9.17) is 4.74 Å². The van der Waals surface area contributed by atoms with Crippen LogP contribution in [0.25, 0.3) is 10.1 Å². The molecule has 0 bridgehead atoms. The van der Waals surface area contributed by atoms with E-state index in [1.54, 1.807) is 11.3 Å². The topological polar surface area (TPSA) is 29.5 Å². The summed E-state index contributed by atoms with van der Waals surface area (Å²) in [5.74, 6) is 0. The van der Waals surface area contributed by atoms with Crippen molar-refractivity contribution in [2.45, 2.75) is 24.9 Å². The van der Waals surface area contributed by atoms with Gasteiger partial charge < -0.3 is 9.84 Å². The molecule has 1 saturated heterocycles. The van der Waals surface area contributed by atoms with E-state index in [9.17, 15) is 5.11 Å². The van der Waals surface area contributed by atoms with Crippen LogP contribution < -0.4 is 0 Å². The van der Waals surface area contributed by atoms with Crippen molar-refractivity contribution >= 4 is 21.4 Å². The van der Waals surface area contributed by atoms with Crippen molar-refractivity contribution in [1.29, 1.82) is 0 Å². The van der Waals surface area contributed by atoms with Crippen molar-refractivity contribution in [3.8, 4) is 0 Å². The third-order valence-corrected chi connectivity index (χ3v) is 4.48. The first-order valence-electron chi connectivity index (χ1n) is 6.06. The Hall–Kier alpha value is -0.900. The molecule has 1 aliphatic rings. The van der Waals surface area contributed by atoms with Gasteiger partial charge in [0, 0.05) is 29.9 Å². The van der Waals surface area contributed by atoms with E-state index in [0.717, 1.165) is 25.0 Å². The Kier molecular flexibility index (Phi) is 2.90. The average molecular weight is 248 g/mol. The van der Waals surface area contributed by atoms with E-state index < -0.39 is 5.60 Å². The minimum atomic E-state index is -0.707. The summed E-state index contributed by atoms with van der Waals surface area (Å²) >= 11 is 1.71. The van der Waals surface area contributed by atoms with Crippen LogP contribution in [-0.2, 0) is 10.3 Å². The van der Waals surface area contributed by atoms with Gasteiger partial charge in [-0.05, 0) is 29.7 Å². The summed E-state index contributed by atoms with van der Waals surface area (Å²) in [6.07, 6.45) is 2.42. The Morgan fingerprint density at radius 2 is 2.12 bits per heavy atom. The van der Waals surface area contributed by atoms with E-state index in [1.807, 2.05) is 6.07 Å². The standard InChI is InChI=1S/C14H16O2S/c15-14(6-2-8-16-9-7-14)12-4-1-3-11-5-10-17-13(11)12/h1,3-5,10,15H,2,6-9H2. The number of hydrogen-bond donors (Lipinski definition) is 1. The molecule has 0 aliphatic carbocycles. The summed E-state index contributed by atoms with van der Waals surface area (Å²) < 4.78 is 6.67. The molecule has 1 N–H and O–H groups in total. The van der Waals surface area contributed by atoms with Crippen LogP contribution in [0.2, 0.25) is 0 Å². The smallest absolute Gasteiger partial charge is 0.0933 e. The molecule has 17 heavy (non-hydrogen) atoms. The second kappa shape index (κ2) is 4.41. The zero-order chi connectivity index (χ0) is 11.7. The molecular weight excluding hydrogens is 232 g/mol. The van der Waals surface area contributed by atoms with Crippen molar-refractivity contribution in [1.82, 2.24) is 0 Å². The van der Waals surface area contributed by atoms with Crippen LogP contribution in [0.15, 0.2) is 29.6 Å². The highest BCUT2D eigenvalue weighted by atomic mass is 32.1. The third kappa shape index (κ3) is 1.99. The maximum absolute atomic E-state index is 10.9. The van der Waals surface area contributed by atoms with Crippen LogP contribution in [0.3, 0.4) is 0 Å². The Balaban J connectivity index is 2.09. The molecule has 0 saturated carbocycles. The highest BCUT2D eigenvalue weighted by Crippen LogP contribution is 2.38. The van der Waals surface area contributed by atoms with Crippen molar-refractivity contribution in [2.75, 3.05) is 13.2 Å². The number of benzene rings is 1. The molecule has 1 atom stereocenters. The second-order valence-corrected chi connectivity index (χ2v) is 5.56. The lowest BCUT2D eigenvalue weighted by Gasteiger charge is -2.27. The Labute approximate surface area is 105 Å². The summed E-state index contributed by atoms with van der Waals surface area (Å²) in [7, 11) is 0. The Bertz CT molecular complexity index is 510. The molecule has 1 aliphatic heterocycles. The quantitative estimate of drug-likeness (QED) is 0.839. The van der Waals surface area contributed by atoms with Crippen molar-refractivity contribution in [3.05, 3.63) is 35.2 Å². The van der Waals surface area contributed by atoms with E-state index in [-0.39, 0.29) is 0 Å². The maximum atomic E-state index is 10.9. The maximum Gasteiger partial charge on any atom is 0.0933 e. The summed E-state index contributed by atoms with van der Waals surface area (Å²) in [5, 5.41) is 14.2. The molecule has 2 aromatic rings. The van der Waals surface area contributed by atoms with Gasteiger partial charge >= 0.3 is 0 Å². The van der Waals surface area contributed by atoms with Crippen LogP contribution in [0.5, 0.6) is 0 Å². The van der Waals surface area contributed by atoms with E-state index in [0.29, 0.717) is 13.0 Å². The fourth-order valence-corrected chi connectivity index (χ4v) is 3.57. The number of thiophene rings is 1. The van der Waals surface area contributed by atoms with Crippen LogP contribution in [0.4, 0.5) is 0 Å². The largest absolute Gasteiger partial charge is 0.385 e. The molecule has 1 fully saturated rings. The normalized spacial score (nSPS) is 25.9. The van der Waals surface area contributed by atoms with Gasteiger partial charge in [0.15, 0.2) is 0 Å². The van der Waals surface area contributed by atoms with E-state index in [1.165, 1.54) is 10.1 Å². The van der Waals surface area contributed by atoms with Crippen molar-refractivity contribution < 1.29 is 9.84 Å². The molecule has 0 amide bonds. The molecule has 90 valence electrons. The first-order chi connectivity index (χ1) is 8.30. The first-order valence-corrected chi connectivity index (χ1v) is 6.94. The highest BCUT2D eigenvalue weighted by Gasteiger charge is 2.32. The monoisotopic (exact) mass is 248 g/mol. The SMILES string of the molecule is OC1(c2cccc3ccsc23)CCCOCC1. The van der Waals surface area contributed by atoms with E-state index in [2.05, 4.69) is 23.6 Å². The summed E-state index contributed by atoms with van der Waals surface area (Å²) in [6.45, 7) is 1.42. The van der Waals surface area contributed by atoms with Gasteiger partial charge in [0.05, 0.1) is 5.60 Å². The Morgan fingerprint density at radius 3 is 3.06 bits per heavy atom. The Morgan fingerprint density at radius 1 is 1.18 bits per heavy atom. The van der Waals surface area contributed by atoms with Gasteiger partial charge in [-0.3, -0.25) is 0 Å². The molecular formula is C14H16O2S. The van der Waals surface area contributed by atoms with Gasteiger partial charge in [-0.15, -0.1) is 11.3 Å². The number of fused-ring (bicyclic) bond motifs is 1. The predicted molar refractivity (Wildman–Crippen MR) is 70.4 cm³/mol. The number of aliphatic hydroxyl groups is 1. The van der Waals surface area contributed by atoms with Crippen molar-refractivity contribution in [2.24, 2.45) is 0 Å². The molecule has 1 aromatic heterocycles. The fraction of sp³-hybridized carbons (Fsp3) is 0.429. The van der Waals surface area contributed by atoms with Crippen LogP contribution in [0.1, 0.15) is 24.8 Å². The molecule has 0 spiro atoms. The molecule has 2 nitrogen and oxygen atoms in total. The first kappa shape index (κ1) is 11.2. The highest BCUT2D eigenvalue weighted by molar-refractivity contribution is 7.17. The molecule has 3 rings (SSSR count). The molecule has 3 heteroatoms. The minimum Gasteiger partial charge on any atom is -0.385 e. The molecule has 1 unspecified atom stereocenters. The summed E-state index contributed by atoms with van der Waals surface area (Å²) in [4.78, 5) is 0. The lowest BCUT2D eigenvalue weighted by atomic mass is 9.86. The van der Waals surface area contributed by atoms with Crippen LogP contribution >= 0.6 is 11.3 Å². The molecule has 2 heterocycles. The number of rotatable bonds is 1. The van der Waals surface area contributed by atoms with Crippen LogP contribution in [0, 0.1) is 0 Å². The van der Waals surface area contributed by atoms with E-state index >= 15 is 0 Å². The fourth-order valence-electron chi connectivity index (χ4n) is 2.56. The molecule has 0 radical (unpaired) electrons.